The van der Waals surface area contributed by atoms with Crippen LogP contribution in [0.25, 0.3) is 32.7 Å². The Morgan fingerprint density at radius 1 is 0.545 bits per heavy atom. The van der Waals surface area contributed by atoms with E-state index in [1.165, 1.54) is 26.4 Å². The van der Waals surface area contributed by atoms with Crippen molar-refractivity contribution in [1.29, 1.82) is 0 Å². The molecule has 0 saturated carbocycles. The Morgan fingerprint density at radius 3 is 1.18 bits per heavy atom. The van der Waals surface area contributed by atoms with E-state index in [2.05, 4.69) is 0 Å². The van der Waals surface area contributed by atoms with E-state index in [-0.39, 0.29) is 64.9 Å². The molecule has 0 aliphatic carbocycles. The first-order valence-corrected chi connectivity index (χ1v) is 14.2. The number of benzene rings is 4. The van der Waals surface area contributed by atoms with Crippen molar-refractivity contribution in [1.82, 2.24) is 0 Å². The summed E-state index contributed by atoms with van der Waals surface area (Å²) >= 11 is 3.53. The highest BCUT2D eigenvalue weighted by atomic mass is 127. The van der Waals surface area contributed by atoms with Crippen molar-refractivity contribution in [3.05, 3.63) is 66.8 Å². The maximum Gasteiger partial charge on any atom is 0.458 e. The first-order chi connectivity index (χ1) is 20.4. The van der Waals surface area contributed by atoms with Gasteiger partial charge < -0.3 is 18.9 Å². The van der Waals surface area contributed by atoms with Crippen LogP contribution in [0.3, 0.4) is 0 Å². The van der Waals surface area contributed by atoms with Crippen LogP contribution in [0.1, 0.15) is 11.1 Å². The second-order valence-electron chi connectivity index (χ2n) is 9.24. The lowest BCUT2D eigenvalue weighted by atomic mass is 9.90. The van der Waals surface area contributed by atoms with Crippen LogP contribution in [-0.2, 0) is 21.3 Å². The van der Waals surface area contributed by atoms with Gasteiger partial charge in [0.15, 0.2) is 13.6 Å². The molecule has 0 aliphatic heterocycles. The summed E-state index contributed by atoms with van der Waals surface area (Å²) in [5, 5.41) is -0.0111. The van der Waals surface area contributed by atoms with Crippen molar-refractivity contribution in [2.75, 3.05) is 27.8 Å². The predicted molar refractivity (Wildman–Crippen MR) is 157 cm³/mol. The lowest BCUT2D eigenvalue weighted by Gasteiger charge is -2.24. The van der Waals surface area contributed by atoms with Crippen molar-refractivity contribution in [3.8, 4) is 22.6 Å². The zero-order valence-corrected chi connectivity index (χ0v) is 26.5. The Labute approximate surface area is 269 Å². The normalized spacial score (nSPS) is 13.1. The standard InChI is InChI=1S/C28H18F10I2O4/c1-41-11-43-23-19(39)9-13-7-15(25(29,30)27(33,34)35)3-5-17(13)21(23)22-18-6-4-16(26(31,32)28(36,37)38)8-14(18)10-20(40)24(22)44-12-42-2/h3-10H,11-12H2,1-2H3. The first-order valence-electron chi connectivity index (χ1n) is 12.0. The summed E-state index contributed by atoms with van der Waals surface area (Å²) in [7, 11) is 2.60. The van der Waals surface area contributed by atoms with E-state index in [1.807, 2.05) is 0 Å². The Morgan fingerprint density at radius 2 is 0.886 bits per heavy atom. The number of ether oxygens (including phenoxy) is 4. The van der Waals surface area contributed by atoms with Crippen LogP contribution in [0.15, 0.2) is 48.5 Å². The highest BCUT2D eigenvalue weighted by molar-refractivity contribution is 14.1. The van der Waals surface area contributed by atoms with Gasteiger partial charge in [-0.25, -0.2) is 0 Å². The molecule has 0 spiro atoms. The van der Waals surface area contributed by atoms with Crippen LogP contribution < -0.4 is 9.47 Å². The number of hydrogen-bond donors (Lipinski definition) is 0. The van der Waals surface area contributed by atoms with Crippen LogP contribution in [0.2, 0.25) is 0 Å². The Kier molecular flexibility index (Phi) is 9.79. The second-order valence-corrected chi connectivity index (χ2v) is 11.6. The minimum Gasteiger partial charge on any atom is -0.466 e. The molecule has 0 bridgehead atoms. The highest BCUT2D eigenvalue weighted by Crippen LogP contribution is 2.52. The van der Waals surface area contributed by atoms with Gasteiger partial charge in [-0.15, -0.1) is 0 Å². The molecule has 0 aliphatic rings. The van der Waals surface area contributed by atoms with Gasteiger partial charge in [0.25, 0.3) is 0 Å². The summed E-state index contributed by atoms with van der Waals surface area (Å²) in [4.78, 5) is 0. The topological polar surface area (TPSA) is 36.9 Å². The maximum atomic E-state index is 14.3. The van der Waals surface area contributed by atoms with E-state index in [1.54, 1.807) is 45.2 Å². The van der Waals surface area contributed by atoms with E-state index in [9.17, 15) is 43.9 Å². The molecule has 0 amide bonds. The van der Waals surface area contributed by atoms with E-state index in [0.717, 1.165) is 12.1 Å². The third-order valence-electron chi connectivity index (χ3n) is 6.42. The molecule has 0 N–H and O–H groups in total. The first kappa shape index (κ1) is 34.6. The van der Waals surface area contributed by atoms with Crippen LogP contribution in [0.4, 0.5) is 43.9 Å². The molecule has 238 valence electrons. The fourth-order valence-electron chi connectivity index (χ4n) is 4.44. The van der Waals surface area contributed by atoms with Gasteiger partial charge in [0.1, 0.15) is 11.5 Å². The Hall–Kier alpha value is -2.32. The second kappa shape index (κ2) is 12.5. The van der Waals surface area contributed by atoms with Gasteiger partial charge in [-0.3, -0.25) is 0 Å². The van der Waals surface area contributed by atoms with Gasteiger partial charge in [-0.05, 0) is 91.0 Å². The summed E-state index contributed by atoms with van der Waals surface area (Å²) in [6.45, 7) is -0.701. The minimum atomic E-state index is -5.89. The smallest absolute Gasteiger partial charge is 0.458 e. The molecule has 0 atom stereocenters. The molecule has 4 rings (SSSR count). The fraction of sp³-hybridized carbons (Fsp3) is 0.286. The van der Waals surface area contributed by atoms with Crippen LogP contribution in [0, 0.1) is 7.14 Å². The number of halogens is 12. The molecule has 44 heavy (non-hydrogen) atoms. The number of alkyl halides is 10. The summed E-state index contributed by atoms with van der Waals surface area (Å²) in [5.74, 6) is -10.3. The molecule has 0 aromatic heterocycles. The van der Waals surface area contributed by atoms with Crippen molar-refractivity contribution < 1.29 is 62.9 Å². The minimum absolute atomic E-state index is 0.0468. The molecule has 0 radical (unpaired) electrons. The average Bonchev–Trinajstić information content (AvgIpc) is 2.92. The van der Waals surface area contributed by atoms with E-state index in [4.69, 9.17) is 18.9 Å². The van der Waals surface area contributed by atoms with Crippen LogP contribution >= 0.6 is 45.2 Å². The van der Waals surface area contributed by atoms with Crippen molar-refractivity contribution >= 4 is 66.7 Å². The van der Waals surface area contributed by atoms with Gasteiger partial charge in [0.05, 0.1) is 7.14 Å². The predicted octanol–water partition coefficient (Wildman–Crippen LogP) is 10.1. The summed E-state index contributed by atoms with van der Waals surface area (Å²) < 4.78 is 158. The fourth-order valence-corrected chi connectivity index (χ4v) is 5.96. The van der Waals surface area contributed by atoms with Gasteiger partial charge in [0, 0.05) is 36.5 Å². The van der Waals surface area contributed by atoms with E-state index < -0.39 is 35.3 Å². The monoisotopic (exact) mass is 862 g/mol. The number of hydrogen-bond acceptors (Lipinski definition) is 4. The maximum absolute atomic E-state index is 14.3. The van der Waals surface area contributed by atoms with Gasteiger partial charge in [-0.2, -0.15) is 43.9 Å². The average molecular weight is 862 g/mol. The zero-order valence-electron chi connectivity index (χ0n) is 22.2. The summed E-state index contributed by atoms with van der Waals surface area (Å²) in [5.41, 5.74) is -2.55. The largest absolute Gasteiger partial charge is 0.466 e. The zero-order chi connectivity index (χ0) is 32.8. The molecule has 4 nitrogen and oxygen atoms in total. The SMILES string of the molecule is COCOc1c(I)cc2cc(C(F)(F)C(F)(F)F)ccc2c1-c1c(OCOC)c(I)cc2cc(C(F)(F)C(F)(F)F)ccc12. The lowest BCUT2D eigenvalue weighted by molar-refractivity contribution is -0.289. The molecule has 0 heterocycles. The molecule has 4 aromatic rings. The summed E-state index contributed by atoms with van der Waals surface area (Å²) in [6, 6.07) is 7.09. The molecule has 0 saturated heterocycles. The van der Waals surface area contributed by atoms with Crippen molar-refractivity contribution in [3.63, 3.8) is 0 Å². The van der Waals surface area contributed by atoms with E-state index in [0.29, 0.717) is 24.3 Å². The Balaban J connectivity index is 2.16. The molecular formula is C28H18F10I2O4. The molecular weight excluding hydrogens is 844 g/mol. The van der Waals surface area contributed by atoms with Gasteiger partial charge >= 0.3 is 24.2 Å². The van der Waals surface area contributed by atoms with Crippen LogP contribution in [0.5, 0.6) is 11.5 Å². The Bertz CT molecular complexity index is 1580. The lowest BCUT2D eigenvalue weighted by Crippen LogP contribution is -2.33. The summed E-state index contributed by atoms with van der Waals surface area (Å²) in [6.07, 6.45) is -11.8. The van der Waals surface area contributed by atoms with Crippen molar-refractivity contribution in [2.45, 2.75) is 24.2 Å². The number of fused-ring (bicyclic) bond motifs is 2. The molecule has 16 heteroatoms. The number of methoxy groups -OCH3 is 2. The third-order valence-corrected chi connectivity index (χ3v) is 8.03. The third kappa shape index (κ3) is 6.22. The van der Waals surface area contributed by atoms with Crippen molar-refractivity contribution in [2.24, 2.45) is 0 Å². The molecule has 0 fully saturated rings. The number of rotatable bonds is 9. The molecule has 0 unspecified atom stereocenters. The van der Waals surface area contributed by atoms with Gasteiger partial charge in [0.2, 0.25) is 0 Å². The van der Waals surface area contributed by atoms with Gasteiger partial charge in [-0.1, -0.05) is 24.3 Å². The molecule has 4 aromatic carbocycles. The van der Waals surface area contributed by atoms with E-state index >= 15 is 0 Å². The van der Waals surface area contributed by atoms with Crippen LogP contribution in [-0.4, -0.2) is 40.2 Å². The highest BCUT2D eigenvalue weighted by Gasteiger charge is 2.59. The quantitative estimate of drug-likeness (QED) is 0.0955.